The number of alkyl halides is 2. The van der Waals surface area contributed by atoms with Crippen LogP contribution in [0.5, 0.6) is 0 Å². The normalized spacial score (nSPS) is 19.0. The third-order valence-corrected chi connectivity index (χ3v) is 12.8. The van der Waals surface area contributed by atoms with Crippen LogP contribution >= 0.6 is 7.60 Å². The quantitative estimate of drug-likeness (QED) is 0.0819. The van der Waals surface area contributed by atoms with Crippen molar-refractivity contribution < 1.29 is 46.4 Å². The summed E-state index contributed by atoms with van der Waals surface area (Å²) in [7, 11) is -4.88. The summed E-state index contributed by atoms with van der Waals surface area (Å²) in [5.41, 5.74) is 2.75. The van der Waals surface area contributed by atoms with Gasteiger partial charge in [0.05, 0.1) is 19.3 Å². The predicted octanol–water partition coefficient (Wildman–Crippen LogP) is 4.59. The summed E-state index contributed by atoms with van der Waals surface area (Å²) in [6, 6.07) is 19.2. The number of H-pyrrole nitrogens is 1. The number of benzene rings is 3. The van der Waals surface area contributed by atoms with E-state index in [1.807, 2.05) is 60.7 Å². The number of fused-ring (bicyclic) bond motifs is 2. The maximum Gasteiger partial charge on any atom is 0.404 e. The molecule has 0 radical (unpaired) electrons. The Bertz CT molecular complexity index is 2180. The number of carbonyl (C=O) groups excluding carboxylic acids is 5. The molecule has 4 aromatic rings. The van der Waals surface area contributed by atoms with Crippen molar-refractivity contribution in [2.75, 3.05) is 26.3 Å². The number of primary amides is 1. The molecule has 6 rings (SSSR count). The average molecular weight is 850 g/mol. The van der Waals surface area contributed by atoms with E-state index >= 15 is 8.78 Å². The van der Waals surface area contributed by atoms with Crippen LogP contribution in [0.4, 0.5) is 8.78 Å². The standard InChI is InChI=1S/C42H50F2N7O8P/c1-3-58-60(57,59-4-2)42(43,44)29-15-17-31-28(23-29)24-33(47-31)39(54)49-34-25-46-22-21-30-16-19-35(51(30)41(34)56)40(55)48-32(18-20-36(45)52)38(53)50-37(26-11-7-5-8-12-26)27-13-9-6-10-14-27/h5-15,17,23-24,30,32,34-35,37,46-47H,3-4,16,18-22,25H2,1-2H3,(H2,45,52)(H,48,55)(H,49,54)(H,50,53)/t30-,32+,34?,35+/m1/s1. The van der Waals surface area contributed by atoms with E-state index in [1.54, 1.807) is 0 Å². The number of carbonyl (C=O) groups is 5. The molecule has 15 nitrogen and oxygen atoms in total. The van der Waals surface area contributed by atoms with Crippen molar-refractivity contribution in [2.24, 2.45) is 5.73 Å². The molecule has 5 amide bonds. The highest BCUT2D eigenvalue weighted by Gasteiger charge is 2.55. The summed E-state index contributed by atoms with van der Waals surface area (Å²) in [4.78, 5) is 72.3. The van der Waals surface area contributed by atoms with E-state index in [1.165, 1.54) is 30.9 Å². The lowest BCUT2D eigenvalue weighted by molar-refractivity contribution is -0.143. The molecule has 2 fully saturated rings. The first-order valence-electron chi connectivity index (χ1n) is 20.0. The van der Waals surface area contributed by atoms with Gasteiger partial charge in [-0.1, -0.05) is 66.7 Å². The molecule has 0 spiro atoms. The molecular weight excluding hydrogens is 799 g/mol. The number of aromatic nitrogens is 1. The van der Waals surface area contributed by atoms with Crippen molar-refractivity contribution >= 4 is 48.0 Å². The number of amides is 5. The van der Waals surface area contributed by atoms with Crippen LogP contribution in [0.25, 0.3) is 10.9 Å². The lowest BCUT2D eigenvalue weighted by Gasteiger charge is -2.36. The molecule has 0 saturated carbocycles. The number of hydrogen-bond acceptors (Lipinski definition) is 9. The maximum atomic E-state index is 15.5. The number of nitrogens with zero attached hydrogens (tertiary/aromatic N) is 1. The van der Waals surface area contributed by atoms with E-state index in [0.29, 0.717) is 24.9 Å². The van der Waals surface area contributed by atoms with Gasteiger partial charge in [-0.3, -0.25) is 28.5 Å². The largest absolute Gasteiger partial charge is 0.404 e. The molecule has 60 heavy (non-hydrogen) atoms. The molecule has 1 aromatic heterocycles. The fourth-order valence-corrected chi connectivity index (χ4v) is 9.28. The minimum Gasteiger partial charge on any atom is -0.370 e. The minimum atomic E-state index is -4.88. The molecule has 1 unspecified atom stereocenters. The summed E-state index contributed by atoms with van der Waals surface area (Å²) in [5, 5.41) is 12.0. The Morgan fingerprint density at radius 3 is 2.18 bits per heavy atom. The second-order valence-electron chi connectivity index (χ2n) is 14.7. The van der Waals surface area contributed by atoms with Gasteiger partial charge in [-0.2, -0.15) is 8.78 Å². The van der Waals surface area contributed by atoms with Gasteiger partial charge in [0.15, 0.2) is 0 Å². The van der Waals surface area contributed by atoms with Crippen molar-refractivity contribution in [3.05, 3.63) is 107 Å². The van der Waals surface area contributed by atoms with Crippen LogP contribution in [0.3, 0.4) is 0 Å². The molecule has 2 aliphatic rings. The van der Waals surface area contributed by atoms with Gasteiger partial charge in [0, 0.05) is 35.5 Å². The number of rotatable bonds is 17. The Morgan fingerprint density at radius 1 is 0.917 bits per heavy atom. The van der Waals surface area contributed by atoms with Gasteiger partial charge in [-0.15, -0.1) is 0 Å². The second-order valence-corrected chi connectivity index (χ2v) is 16.8. The lowest BCUT2D eigenvalue weighted by atomic mass is 9.98. The predicted molar refractivity (Wildman–Crippen MR) is 219 cm³/mol. The number of aromatic amines is 1. The van der Waals surface area contributed by atoms with Gasteiger partial charge < -0.3 is 45.9 Å². The zero-order valence-electron chi connectivity index (χ0n) is 33.3. The zero-order valence-corrected chi connectivity index (χ0v) is 34.2. The summed E-state index contributed by atoms with van der Waals surface area (Å²) in [5.74, 6) is -3.02. The van der Waals surface area contributed by atoms with Crippen LogP contribution in [0.2, 0.25) is 0 Å². The zero-order chi connectivity index (χ0) is 43.0. The third kappa shape index (κ3) is 9.76. The van der Waals surface area contributed by atoms with Gasteiger partial charge in [0.2, 0.25) is 23.6 Å². The Labute approximate surface area is 346 Å². The Hall–Kier alpha value is -5.48. The molecule has 0 bridgehead atoms. The van der Waals surface area contributed by atoms with Crippen LogP contribution in [-0.2, 0) is 38.5 Å². The number of nitrogens with one attached hydrogen (secondary N) is 5. The van der Waals surface area contributed by atoms with E-state index in [2.05, 4.69) is 26.3 Å². The van der Waals surface area contributed by atoms with Gasteiger partial charge in [0.1, 0.15) is 23.8 Å². The first-order valence-corrected chi connectivity index (χ1v) is 21.5. The summed E-state index contributed by atoms with van der Waals surface area (Å²) >= 11 is 0. The monoisotopic (exact) mass is 849 g/mol. The molecular formula is C42H50F2N7O8P. The van der Waals surface area contributed by atoms with Gasteiger partial charge in [-0.25, -0.2) is 0 Å². The highest BCUT2D eigenvalue weighted by Crippen LogP contribution is 2.66. The van der Waals surface area contributed by atoms with Crippen molar-refractivity contribution in [3.63, 3.8) is 0 Å². The molecule has 18 heteroatoms. The van der Waals surface area contributed by atoms with Crippen LogP contribution in [0.15, 0.2) is 84.9 Å². The van der Waals surface area contributed by atoms with E-state index in [-0.39, 0.29) is 56.1 Å². The second kappa shape index (κ2) is 19.3. The fraction of sp³-hybridized carbons (Fsp3) is 0.405. The number of nitrogens with two attached hydrogens (primary N) is 1. The molecule has 3 aromatic carbocycles. The molecule has 0 aliphatic carbocycles. The fourth-order valence-electron chi connectivity index (χ4n) is 7.74. The summed E-state index contributed by atoms with van der Waals surface area (Å²) < 4.78 is 53.9. The van der Waals surface area contributed by atoms with Crippen molar-refractivity contribution in [2.45, 2.75) is 81.8 Å². The van der Waals surface area contributed by atoms with E-state index < -0.39 is 72.5 Å². The van der Waals surface area contributed by atoms with Gasteiger partial charge in [0.25, 0.3) is 5.91 Å². The molecule has 7 N–H and O–H groups in total. The third-order valence-electron chi connectivity index (χ3n) is 10.7. The van der Waals surface area contributed by atoms with Crippen LogP contribution in [-0.4, -0.2) is 89.9 Å². The van der Waals surface area contributed by atoms with Gasteiger partial charge in [-0.05, 0) is 75.4 Å². The Kier molecular flexibility index (Phi) is 14.2. The topological polar surface area (TPSA) is 214 Å². The average Bonchev–Trinajstić information content (AvgIpc) is 3.86. The van der Waals surface area contributed by atoms with E-state index in [0.717, 1.165) is 23.3 Å². The van der Waals surface area contributed by atoms with Crippen molar-refractivity contribution in [1.29, 1.82) is 0 Å². The SMILES string of the molecule is CCOP(=O)(OCC)C(F)(F)c1ccc2[nH]c(C(=O)NC3CNCC[C@H]4CC[C@@H](C(=O)N[C@@H](CCC(N)=O)C(=O)NC(c5ccccc5)c5ccccc5)N4C3=O)cc2c1. The van der Waals surface area contributed by atoms with Crippen LogP contribution < -0.4 is 27.0 Å². The van der Waals surface area contributed by atoms with Crippen LogP contribution in [0, 0.1) is 0 Å². The van der Waals surface area contributed by atoms with Crippen molar-refractivity contribution in [3.8, 4) is 0 Å². The first kappa shape index (κ1) is 44.1. The molecule has 2 saturated heterocycles. The summed E-state index contributed by atoms with van der Waals surface area (Å²) in [6.07, 6.45) is 1.04. The van der Waals surface area contributed by atoms with Crippen LogP contribution in [0.1, 0.15) is 79.2 Å². The maximum absolute atomic E-state index is 15.5. The number of halogens is 2. The Balaban J connectivity index is 1.18. The van der Waals surface area contributed by atoms with E-state index in [4.69, 9.17) is 14.8 Å². The molecule has 2 aliphatic heterocycles. The van der Waals surface area contributed by atoms with Gasteiger partial charge >= 0.3 is 13.3 Å². The van der Waals surface area contributed by atoms with Crippen molar-refractivity contribution in [1.82, 2.24) is 31.2 Å². The lowest BCUT2D eigenvalue weighted by Crippen LogP contribution is -2.61. The number of hydrogen-bond donors (Lipinski definition) is 6. The Morgan fingerprint density at radius 2 is 1.57 bits per heavy atom. The smallest absolute Gasteiger partial charge is 0.370 e. The minimum absolute atomic E-state index is 0.0296. The molecule has 4 atom stereocenters. The molecule has 3 heterocycles. The highest BCUT2D eigenvalue weighted by molar-refractivity contribution is 7.54. The van der Waals surface area contributed by atoms with E-state index in [9.17, 15) is 28.5 Å². The first-order chi connectivity index (χ1) is 28.8. The summed E-state index contributed by atoms with van der Waals surface area (Å²) in [6.45, 7) is 2.85. The molecule has 320 valence electrons. The highest BCUT2D eigenvalue weighted by atomic mass is 31.2.